The van der Waals surface area contributed by atoms with Gasteiger partial charge in [0, 0.05) is 28.4 Å². The Balaban J connectivity index is 2.30. The summed E-state index contributed by atoms with van der Waals surface area (Å²) in [6, 6.07) is 5.38. The van der Waals surface area contributed by atoms with E-state index in [4.69, 9.17) is 29.4 Å². The van der Waals surface area contributed by atoms with Gasteiger partial charge in [-0.25, -0.2) is 0 Å². The van der Waals surface area contributed by atoms with Crippen molar-refractivity contribution in [1.82, 2.24) is 4.68 Å². The third-order valence-corrected chi connectivity index (χ3v) is 4.06. The van der Waals surface area contributed by atoms with E-state index in [1.807, 2.05) is 6.07 Å². The van der Waals surface area contributed by atoms with Crippen LogP contribution in [-0.2, 0) is 18.3 Å². The van der Waals surface area contributed by atoms with Gasteiger partial charge in [-0.3, -0.25) is 4.68 Å². The molecule has 7 nitrogen and oxygen atoms in total. The third kappa shape index (κ3) is 2.84. The van der Waals surface area contributed by atoms with Gasteiger partial charge in [0.15, 0.2) is 0 Å². The second-order valence-corrected chi connectivity index (χ2v) is 5.13. The normalized spacial score (nSPS) is 29.5. The van der Waals surface area contributed by atoms with E-state index >= 15 is 0 Å². The molecular formula is C10H16N3O4P3. The van der Waals surface area contributed by atoms with Crippen molar-refractivity contribution in [3.05, 3.63) is 23.5 Å². The van der Waals surface area contributed by atoms with Gasteiger partial charge in [-0.1, -0.05) is 0 Å². The van der Waals surface area contributed by atoms with Crippen molar-refractivity contribution in [3.8, 4) is 6.07 Å². The first kappa shape index (κ1) is 16.1. The van der Waals surface area contributed by atoms with Crippen molar-refractivity contribution < 1.29 is 18.3 Å². The number of rotatable bonds is 5. The van der Waals surface area contributed by atoms with Gasteiger partial charge in [0.1, 0.15) is 36.2 Å². The van der Waals surface area contributed by atoms with Crippen LogP contribution in [0.4, 0.5) is 0 Å². The molecule has 0 spiro atoms. The van der Waals surface area contributed by atoms with E-state index < -0.39 is 6.10 Å². The number of aromatic nitrogens is 1. The predicted octanol–water partition coefficient (Wildman–Crippen LogP) is 0.671. The molecule has 0 aromatic carbocycles. The van der Waals surface area contributed by atoms with Crippen molar-refractivity contribution >= 4 is 28.4 Å². The number of nitrogens with two attached hydrogens (primary N) is 1. The summed E-state index contributed by atoms with van der Waals surface area (Å²) in [5.41, 5.74) is 0.993. The molecule has 7 atom stereocenters. The number of hydrogen-bond acceptors (Lipinski definition) is 6. The first-order chi connectivity index (χ1) is 9.67. The van der Waals surface area contributed by atoms with Crippen LogP contribution < -0.4 is 5.84 Å². The van der Waals surface area contributed by atoms with E-state index in [2.05, 4.69) is 28.4 Å². The maximum absolute atomic E-state index is 8.95. The zero-order valence-corrected chi connectivity index (χ0v) is 14.0. The van der Waals surface area contributed by atoms with Crippen molar-refractivity contribution in [2.75, 3.05) is 12.4 Å². The maximum Gasteiger partial charge on any atom is 0.139 e. The molecule has 0 bridgehead atoms. The fourth-order valence-corrected chi connectivity index (χ4v) is 3.11. The lowest BCUT2D eigenvalue weighted by molar-refractivity contribution is -0.00877. The van der Waals surface area contributed by atoms with Crippen LogP contribution in [0.3, 0.4) is 0 Å². The molecule has 0 radical (unpaired) electrons. The zero-order valence-electron chi connectivity index (χ0n) is 10.5. The average Bonchev–Trinajstić information content (AvgIpc) is 2.98. The lowest BCUT2D eigenvalue weighted by Gasteiger charge is -2.21. The molecule has 10 heteroatoms. The van der Waals surface area contributed by atoms with E-state index in [0.717, 1.165) is 0 Å². The summed E-state index contributed by atoms with van der Waals surface area (Å²) >= 11 is 0. The molecule has 1 aromatic heterocycles. The van der Waals surface area contributed by atoms with Crippen LogP contribution >= 0.6 is 28.4 Å². The summed E-state index contributed by atoms with van der Waals surface area (Å²) in [5.74, 6) is 5.89. The second kappa shape index (κ2) is 7.11. The molecule has 1 aliphatic heterocycles. The van der Waals surface area contributed by atoms with Gasteiger partial charge >= 0.3 is 0 Å². The van der Waals surface area contributed by atoms with E-state index in [-0.39, 0.29) is 18.3 Å². The van der Waals surface area contributed by atoms with Gasteiger partial charge in [0.05, 0.1) is 12.3 Å². The fourth-order valence-electron chi connectivity index (χ4n) is 2.29. The van der Waals surface area contributed by atoms with E-state index in [1.165, 1.54) is 4.68 Å². The highest BCUT2D eigenvalue weighted by Crippen LogP contribution is 2.39. The molecule has 20 heavy (non-hydrogen) atoms. The molecule has 0 aliphatic carbocycles. The molecule has 110 valence electrons. The molecule has 2 N–H and O–H groups in total. The van der Waals surface area contributed by atoms with Crippen LogP contribution in [0.25, 0.3) is 0 Å². The Kier molecular flexibility index (Phi) is 5.72. The molecule has 0 saturated carbocycles. The van der Waals surface area contributed by atoms with Gasteiger partial charge in [-0.05, 0) is 12.1 Å². The van der Waals surface area contributed by atoms with Crippen LogP contribution in [0, 0.1) is 11.3 Å². The van der Waals surface area contributed by atoms with Gasteiger partial charge in [-0.2, -0.15) is 5.26 Å². The minimum Gasteiger partial charge on any atom is -0.363 e. The zero-order chi connectivity index (χ0) is 14.7. The average molecular weight is 335 g/mol. The van der Waals surface area contributed by atoms with E-state index in [1.54, 1.807) is 12.1 Å². The minimum absolute atomic E-state index is 0.305. The standard InChI is InChI=1S/C10H16N3O4P3/c11-3-5-1-2-6(13(5)12)8-10(17-20)9(16-19)7(15-8)4-14-18/h1-2,7-10H,4,12,18-20H2/t7-,8+,9-,10+/m1/s1. The fraction of sp³-hybridized carbons (Fsp3) is 0.500. The number of nitriles is 1. The summed E-state index contributed by atoms with van der Waals surface area (Å²) in [5, 5.41) is 8.95. The molecule has 2 rings (SSSR count). The molecule has 3 unspecified atom stereocenters. The van der Waals surface area contributed by atoms with Gasteiger partial charge in [0.2, 0.25) is 0 Å². The van der Waals surface area contributed by atoms with Gasteiger partial charge < -0.3 is 24.2 Å². The number of nitrogens with zero attached hydrogens (tertiary/aromatic N) is 2. The second-order valence-electron chi connectivity index (χ2n) is 4.26. The molecule has 2 heterocycles. The van der Waals surface area contributed by atoms with Gasteiger partial charge in [0.25, 0.3) is 0 Å². The number of ether oxygens (including phenoxy) is 1. The lowest BCUT2D eigenvalue weighted by Crippen LogP contribution is -2.34. The molecule has 0 amide bonds. The highest BCUT2D eigenvalue weighted by molar-refractivity contribution is 7.10. The van der Waals surface area contributed by atoms with Crippen molar-refractivity contribution in [1.29, 1.82) is 5.26 Å². The van der Waals surface area contributed by atoms with Crippen LogP contribution in [0.15, 0.2) is 12.1 Å². The summed E-state index contributed by atoms with van der Waals surface area (Å²) in [4.78, 5) is 0. The Hall–Kier alpha value is -0.300. The number of hydrogen-bond donors (Lipinski definition) is 1. The van der Waals surface area contributed by atoms with Crippen LogP contribution in [-0.4, -0.2) is 29.6 Å². The van der Waals surface area contributed by atoms with Crippen LogP contribution in [0.5, 0.6) is 0 Å². The SMILES string of the molecule is N#Cc1ccc([C@@H]2O[C@H](COP)[C@@H](OP)[C@H]2OP)n1N. The number of nitrogen functional groups attached to an aromatic ring is 1. The molecule has 1 aliphatic rings. The first-order valence-electron chi connectivity index (χ1n) is 5.73. The Bertz CT molecular complexity index is 506. The summed E-state index contributed by atoms with van der Waals surface area (Å²) in [6.07, 6.45) is -1.47. The van der Waals surface area contributed by atoms with Crippen LogP contribution in [0.1, 0.15) is 17.5 Å². The third-order valence-electron chi connectivity index (χ3n) is 3.24. The van der Waals surface area contributed by atoms with Gasteiger partial charge in [-0.15, -0.1) is 0 Å². The van der Waals surface area contributed by atoms with Crippen molar-refractivity contribution in [2.45, 2.75) is 24.4 Å². The van der Waals surface area contributed by atoms with Crippen molar-refractivity contribution in [2.24, 2.45) is 0 Å². The maximum atomic E-state index is 8.95. The van der Waals surface area contributed by atoms with E-state index in [0.29, 0.717) is 18.0 Å². The first-order valence-corrected chi connectivity index (χ1v) is 7.14. The molecule has 1 fully saturated rings. The smallest absolute Gasteiger partial charge is 0.139 e. The molecule has 1 saturated heterocycles. The van der Waals surface area contributed by atoms with E-state index in [9.17, 15) is 0 Å². The largest absolute Gasteiger partial charge is 0.363 e. The Morgan fingerprint density at radius 2 is 2.00 bits per heavy atom. The molecular weight excluding hydrogens is 319 g/mol. The predicted molar refractivity (Wildman–Crippen MR) is 81.7 cm³/mol. The highest BCUT2D eigenvalue weighted by atomic mass is 31.0. The monoisotopic (exact) mass is 335 g/mol. The minimum atomic E-state index is -0.449. The topological polar surface area (TPSA) is 91.7 Å². The molecule has 1 aromatic rings. The summed E-state index contributed by atoms with van der Waals surface area (Å²) in [7, 11) is 6.59. The highest BCUT2D eigenvalue weighted by Gasteiger charge is 2.47. The lowest BCUT2D eigenvalue weighted by atomic mass is 10.1. The Labute approximate surface area is 123 Å². The van der Waals surface area contributed by atoms with Crippen molar-refractivity contribution in [3.63, 3.8) is 0 Å². The van der Waals surface area contributed by atoms with Crippen LogP contribution in [0.2, 0.25) is 0 Å². The Morgan fingerprint density at radius 3 is 2.50 bits per heavy atom. The Morgan fingerprint density at radius 1 is 1.30 bits per heavy atom. The quantitative estimate of drug-likeness (QED) is 0.628. The summed E-state index contributed by atoms with van der Waals surface area (Å²) < 4.78 is 23.0. The summed E-state index contributed by atoms with van der Waals surface area (Å²) in [6.45, 7) is 0.334.